The maximum Gasteiger partial charge on any atom is 0.264 e. The molecule has 0 saturated heterocycles. The Labute approximate surface area is 306 Å². The van der Waals surface area contributed by atoms with Crippen LogP contribution in [0.5, 0.6) is 17.2 Å². The van der Waals surface area contributed by atoms with Gasteiger partial charge < -0.3 is 29.4 Å². The van der Waals surface area contributed by atoms with E-state index in [1.165, 1.54) is 5.56 Å². The molecule has 5 heterocycles. The van der Waals surface area contributed by atoms with Gasteiger partial charge in [-0.2, -0.15) is 5.10 Å². The minimum absolute atomic E-state index is 0. The number of phenols is 1. The highest BCUT2D eigenvalue weighted by atomic mass is 35.5. The Bertz CT molecular complexity index is 2370. The molecule has 264 valence electrons. The second kappa shape index (κ2) is 13.1. The van der Waals surface area contributed by atoms with Crippen LogP contribution in [0.3, 0.4) is 0 Å². The fraction of sp³-hybridized carbons (Fsp3) is 0.225. The second-order valence-electron chi connectivity index (χ2n) is 13.4. The predicted molar refractivity (Wildman–Crippen MR) is 200 cm³/mol. The first-order valence-electron chi connectivity index (χ1n) is 17.1. The van der Waals surface area contributed by atoms with Gasteiger partial charge in [-0.05, 0) is 85.1 Å². The smallest absolute Gasteiger partial charge is 0.264 e. The highest BCUT2D eigenvalue weighted by molar-refractivity contribution is 6.13. The lowest BCUT2D eigenvalue weighted by Gasteiger charge is -2.35. The summed E-state index contributed by atoms with van der Waals surface area (Å²) in [4.78, 5) is 33.2. The van der Waals surface area contributed by atoms with Gasteiger partial charge >= 0.3 is 0 Å². The van der Waals surface area contributed by atoms with E-state index in [0.717, 1.165) is 34.3 Å². The lowest BCUT2D eigenvalue weighted by molar-refractivity contribution is 0.0658. The van der Waals surface area contributed by atoms with E-state index >= 15 is 0 Å². The summed E-state index contributed by atoms with van der Waals surface area (Å²) in [5, 5.41) is 18.8. The number of carbonyl (C=O) groups is 2. The Morgan fingerprint density at radius 3 is 2.48 bits per heavy atom. The summed E-state index contributed by atoms with van der Waals surface area (Å²) in [6.45, 7) is 4.45. The average molecular weight is 717 g/mol. The average Bonchev–Trinajstić information content (AvgIpc) is 3.88. The van der Waals surface area contributed by atoms with Crippen molar-refractivity contribution in [1.29, 1.82) is 0 Å². The SMILES string of the molecule is C[C@@H]1Cc2ccccc2CN1C(=O)c1cc2c(cc1-c1cc(C(=O)N(c3ccc(O)cc3)c3ccc4c(cnn4C)c3)c3n1CCNC3)OCO2.Cl. The molecule has 11 nitrogen and oxygen atoms in total. The van der Waals surface area contributed by atoms with Crippen LogP contribution in [-0.4, -0.2) is 55.5 Å². The van der Waals surface area contributed by atoms with Gasteiger partial charge in [-0.25, -0.2) is 0 Å². The first kappa shape index (κ1) is 33.4. The molecule has 0 aliphatic carbocycles. The minimum atomic E-state index is -0.238. The molecule has 0 saturated carbocycles. The fourth-order valence-electron chi connectivity index (χ4n) is 7.67. The molecule has 2 N–H and O–H groups in total. The summed E-state index contributed by atoms with van der Waals surface area (Å²) >= 11 is 0. The summed E-state index contributed by atoms with van der Waals surface area (Å²) in [6, 6.07) is 26.3. The normalized spacial score (nSPS) is 15.9. The summed E-state index contributed by atoms with van der Waals surface area (Å²) in [7, 11) is 1.88. The third kappa shape index (κ3) is 5.53. The van der Waals surface area contributed by atoms with Gasteiger partial charge in [-0.15, -0.1) is 12.4 Å². The van der Waals surface area contributed by atoms with Crippen LogP contribution in [0.25, 0.3) is 22.2 Å². The standard InChI is InChI=1S/C40H36N6O5.ClH/c1-24-15-25-5-3-4-6-26(25)22-45(24)39(48)32-19-38-37(50-23-51-38)18-31(32)35-17-33(36-21-41-13-14-44(35)36)40(49)46(28-7-10-30(47)11-8-28)29-9-12-34-27(16-29)20-42-43(34)2;/h3-12,16-20,24,41,47H,13-15,21-23H2,1-2H3;1H/t24-;/m1./s1. The molecule has 0 bridgehead atoms. The van der Waals surface area contributed by atoms with E-state index in [1.807, 2.05) is 54.4 Å². The Morgan fingerprint density at radius 2 is 1.67 bits per heavy atom. The zero-order chi connectivity index (χ0) is 34.8. The highest BCUT2D eigenvalue weighted by Crippen LogP contribution is 2.42. The number of carbonyl (C=O) groups excluding carboxylic acids is 2. The number of aryl methyl sites for hydroxylation is 1. The molecule has 0 unspecified atom stereocenters. The third-order valence-electron chi connectivity index (χ3n) is 10.3. The van der Waals surface area contributed by atoms with Crippen molar-refractivity contribution < 1.29 is 24.2 Å². The van der Waals surface area contributed by atoms with E-state index in [0.29, 0.717) is 65.7 Å². The monoisotopic (exact) mass is 716 g/mol. The zero-order valence-electron chi connectivity index (χ0n) is 28.7. The van der Waals surface area contributed by atoms with Gasteiger partial charge in [0.05, 0.1) is 34.2 Å². The predicted octanol–water partition coefficient (Wildman–Crippen LogP) is 6.57. The number of amides is 2. The van der Waals surface area contributed by atoms with Crippen LogP contribution >= 0.6 is 12.4 Å². The van der Waals surface area contributed by atoms with Gasteiger partial charge in [0, 0.05) is 61.6 Å². The first-order chi connectivity index (χ1) is 24.8. The van der Waals surface area contributed by atoms with E-state index in [4.69, 9.17) is 9.47 Å². The molecule has 12 heteroatoms. The second-order valence-corrected chi connectivity index (χ2v) is 13.4. The first-order valence-corrected chi connectivity index (χ1v) is 17.1. The van der Waals surface area contributed by atoms with Crippen molar-refractivity contribution in [1.82, 2.24) is 24.6 Å². The van der Waals surface area contributed by atoms with E-state index in [-0.39, 0.29) is 42.8 Å². The molecule has 1 atom stereocenters. The number of nitrogens with zero attached hydrogens (tertiary/aromatic N) is 5. The number of ether oxygens (including phenoxy) is 2. The van der Waals surface area contributed by atoms with Crippen LogP contribution in [0.2, 0.25) is 0 Å². The minimum Gasteiger partial charge on any atom is -0.508 e. The molecular formula is C40H37ClN6O5. The van der Waals surface area contributed by atoms with Crippen molar-refractivity contribution in [2.45, 2.75) is 39.0 Å². The molecule has 0 radical (unpaired) electrons. The van der Waals surface area contributed by atoms with Crippen molar-refractivity contribution in [2.75, 3.05) is 18.2 Å². The van der Waals surface area contributed by atoms with Crippen LogP contribution in [0, 0.1) is 0 Å². The molecule has 0 fully saturated rings. The van der Waals surface area contributed by atoms with Crippen LogP contribution in [0.15, 0.2) is 91.1 Å². The largest absolute Gasteiger partial charge is 0.508 e. The lowest BCUT2D eigenvalue weighted by Crippen LogP contribution is -2.42. The van der Waals surface area contributed by atoms with E-state index < -0.39 is 0 Å². The van der Waals surface area contributed by atoms with Gasteiger partial charge in [-0.3, -0.25) is 19.2 Å². The van der Waals surface area contributed by atoms with Crippen molar-refractivity contribution in [2.24, 2.45) is 7.05 Å². The molecular weight excluding hydrogens is 680 g/mol. The molecule has 3 aliphatic rings. The topological polar surface area (TPSA) is 114 Å². The summed E-state index contributed by atoms with van der Waals surface area (Å²) in [5.41, 5.74) is 7.88. The number of aromatic hydroxyl groups is 1. The van der Waals surface area contributed by atoms with Crippen LogP contribution in [0.1, 0.15) is 44.5 Å². The number of halogens is 1. The number of phenolic OH excluding ortho intramolecular Hbond substituents is 1. The Hall–Kier alpha value is -5.78. The quantitative estimate of drug-likeness (QED) is 0.208. The lowest BCUT2D eigenvalue weighted by atomic mass is 9.93. The summed E-state index contributed by atoms with van der Waals surface area (Å²) < 4.78 is 15.6. The number of fused-ring (bicyclic) bond motifs is 4. The molecule has 0 spiro atoms. The number of hydrogen-bond donors (Lipinski definition) is 2. The van der Waals surface area contributed by atoms with Crippen molar-refractivity contribution >= 4 is 46.5 Å². The highest BCUT2D eigenvalue weighted by Gasteiger charge is 2.34. The number of benzene rings is 4. The number of hydrogen-bond acceptors (Lipinski definition) is 7. The van der Waals surface area contributed by atoms with Crippen LogP contribution in [-0.2, 0) is 33.1 Å². The Kier molecular flexibility index (Phi) is 8.39. The van der Waals surface area contributed by atoms with Crippen LogP contribution in [0.4, 0.5) is 11.4 Å². The Morgan fingerprint density at radius 1 is 0.923 bits per heavy atom. The molecule has 3 aliphatic heterocycles. The van der Waals surface area contributed by atoms with Crippen molar-refractivity contribution in [3.63, 3.8) is 0 Å². The molecule has 9 rings (SSSR count). The van der Waals surface area contributed by atoms with Gasteiger partial charge in [0.1, 0.15) is 5.75 Å². The molecule has 6 aromatic rings. The van der Waals surface area contributed by atoms with E-state index in [1.54, 1.807) is 46.1 Å². The molecule has 2 aromatic heterocycles. The van der Waals surface area contributed by atoms with Gasteiger partial charge in [0.25, 0.3) is 11.8 Å². The maximum absolute atomic E-state index is 15.0. The summed E-state index contributed by atoms with van der Waals surface area (Å²) in [5.74, 6) is 0.857. The van der Waals surface area contributed by atoms with E-state index in [2.05, 4.69) is 34.0 Å². The fourth-order valence-corrected chi connectivity index (χ4v) is 7.67. The maximum atomic E-state index is 15.0. The van der Waals surface area contributed by atoms with E-state index in [9.17, 15) is 14.7 Å². The third-order valence-corrected chi connectivity index (χ3v) is 10.3. The van der Waals surface area contributed by atoms with Gasteiger partial charge in [-0.1, -0.05) is 24.3 Å². The summed E-state index contributed by atoms with van der Waals surface area (Å²) in [6.07, 6.45) is 2.55. The zero-order valence-corrected chi connectivity index (χ0v) is 29.5. The van der Waals surface area contributed by atoms with Crippen molar-refractivity contribution in [3.05, 3.63) is 119 Å². The molecule has 52 heavy (non-hydrogen) atoms. The number of rotatable bonds is 5. The number of aromatic nitrogens is 3. The van der Waals surface area contributed by atoms with Crippen LogP contribution < -0.4 is 19.7 Å². The number of nitrogens with one attached hydrogen (secondary N) is 1. The number of anilines is 2. The van der Waals surface area contributed by atoms with Crippen molar-refractivity contribution in [3.8, 4) is 28.5 Å². The molecule has 4 aromatic carbocycles. The Balaban J connectivity index is 0.00000387. The molecule has 2 amide bonds. The van der Waals surface area contributed by atoms with Gasteiger partial charge in [0.15, 0.2) is 11.5 Å². The van der Waals surface area contributed by atoms with Gasteiger partial charge in [0.2, 0.25) is 6.79 Å².